The van der Waals surface area contributed by atoms with Crippen LogP contribution >= 0.6 is 11.6 Å². The molecular weight excluding hydrogens is 1050 g/mol. The topological polar surface area (TPSA) is 255 Å². The zero-order chi connectivity index (χ0) is 59.1. The molecular formula is C59H75ClN6O14. The van der Waals surface area contributed by atoms with Crippen LogP contribution in [-0.4, -0.2) is 122 Å². The van der Waals surface area contributed by atoms with Crippen LogP contribution in [0.2, 0.25) is 5.02 Å². The van der Waals surface area contributed by atoms with Gasteiger partial charge in [0.05, 0.1) is 13.7 Å². The fourth-order valence-corrected chi connectivity index (χ4v) is 8.39. The third-order valence-corrected chi connectivity index (χ3v) is 12.2. The number of nitrogens with zero attached hydrogens (tertiary/aromatic N) is 1. The molecule has 0 spiro atoms. The van der Waals surface area contributed by atoms with Gasteiger partial charge in [0.2, 0.25) is 17.7 Å². The number of esters is 1. The van der Waals surface area contributed by atoms with E-state index in [0.29, 0.717) is 29.8 Å². The molecule has 5 N–H and O–H groups in total. The summed E-state index contributed by atoms with van der Waals surface area (Å²) >= 11 is 6.11. The van der Waals surface area contributed by atoms with Crippen LogP contribution in [0, 0.1) is 0 Å². The van der Waals surface area contributed by atoms with E-state index < -0.39 is 88.9 Å². The number of rotatable bonds is 17. The molecule has 1 heterocycles. The molecule has 0 saturated carbocycles. The van der Waals surface area contributed by atoms with Crippen molar-refractivity contribution < 1.29 is 66.8 Å². The van der Waals surface area contributed by atoms with E-state index in [-0.39, 0.29) is 66.3 Å². The molecule has 6 amide bonds. The molecule has 1 aliphatic heterocycles. The molecule has 4 aromatic rings. The van der Waals surface area contributed by atoms with Crippen molar-refractivity contribution in [2.75, 3.05) is 33.9 Å². The normalized spacial score (nSPS) is 16.0. The van der Waals surface area contributed by atoms with Gasteiger partial charge in [-0.05, 0) is 166 Å². The molecule has 80 heavy (non-hydrogen) atoms. The van der Waals surface area contributed by atoms with Gasteiger partial charge in [0.15, 0.2) is 0 Å². The Morgan fingerprint density at radius 1 is 0.688 bits per heavy atom. The molecule has 0 fully saturated rings. The van der Waals surface area contributed by atoms with Gasteiger partial charge in [-0.25, -0.2) is 19.2 Å². The van der Waals surface area contributed by atoms with Crippen LogP contribution in [0.25, 0.3) is 22.3 Å². The minimum atomic E-state index is -1.53. The third kappa shape index (κ3) is 19.5. The van der Waals surface area contributed by atoms with E-state index in [4.69, 9.17) is 40.0 Å². The molecule has 4 aromatic carbocycles. The Balaban J connectivity index is 1.61. The highest BCUT2D eigenvalue weighted by Gasteiger charge is 2.37. The maximum absolute atomic E-state index is 15.2. The van der Waals surface area contributed by atoms with Gasteiger partial charge in [0, 0.05) is 48.3 Å². The van der Waals surface area contributed by atoms with Crippen LogP contribution in [0.4, 0.5) is 14.4 Å². The number of halogens is 1. The summed E-state index contributed by atoms with van der Waals surface area (Å²) in [4.78, 5) is 111. The van der Waals surface area contributed by atoms with Crippen LogP contribution in [0.5, 0.6) is 11.5 Å². The van der Waals surface area contributed by atoms with Gasteiger partial charge in [-0.3, -0.25) is 19.2 Å². The zero-order valence-corrected chi connectivity index (χ0v) is 48.3. The van der Waals surface area contributed by atoms with Gasteiger partial charge in [-0.15, -0.1) is 0 Å². The summed E-state index contributed by atoms with van der Waals surface area (Å²) in [5, 5.41) is 14.3. The highest BCUT2D eigenvalue weighted by Crippen LogP contribution is 2.41. The molecule has 0 radical (unpaired) electrons. The molecule has 5 rings (SSSR count). The summed E-state index contributed by atoms with van der Waals surface area (Å²) in [7, 11) is 2.55. The van der Waals surface area contributed by atoms with E-state index in [2.05, 4.69) is 26.6 Å². The summed E-state index contributed by atoms with van der Waals surface area (Å²) in [6.45, 7) is 17.3. The van der Waals surface area contributed by atoms with E-state index in [1.807, 2.05) is 12.1 Å². The fraction of sp³-hybridized carbons (Fsp3) is 0.458. The lowest BCUT2D eigenvalue weighted by Gasteiger charge is -2.32. The summed E-state index contributed by atoms with van der Waals surface area (Å²) in [6.07, 6.45) is -1.35. The van der Waals surface area contributed by atoms with Crippen molar-refractivity contribution in [2.24, 2.45) is 0 Å². The maximum atomic E-state index is 15.2. The number of nitrogens with one attached hydrogen (secondary N) is 5. The lowest BCUT2D eigenvalue weighted by atomic mass is 9.93. The lowest BCUT2D eigenvalue weighted by molar-refractivity contribution is -0.145. The van der Waals surface area contributed by atoms with E-state index in [9.17, 15) is 33.6 Å². The summed E-state index contributed by atoms with van der Waals surface area (Å²) < 4.78 is 33.6. The van der Waals surface area contributed by atoms with E-state index >= 15 is 4.79 Å². The number of alkyl carbamates (subject to hydrolysis) is 2. The van der Waals surface area contributed by atoms with Crippen molar-refractivity contribution in [3.63, 3.8) is 0 Å². The third-order valence-electron chi connectivity index (χ3n) is 12.0. The number of hydrogen-bond donors (Lipinski definition) is 5. The standard InChI is InChI=1S/C59H75ClN6O14/c1-35-49(67)65-45(53(71)75-12)33-36-17-27-47(77-56(74)80-59(8,9)10)42(32-36)43-34-40(24-28-46(43)76-31-15-30-62-55(73)79-58(5,6)7)48(51(69)63-35)66(11)52(70)44(16-13-14-29-61-54(72)78-57(2,3)4)64-50(68)39-20-18-37(19-21-39)38-22-25-41(60)26-23-38/h17-28,32,34-35,44-45,48H,13-16,29-31,33H2,1-12H3,(H,61,72)(H,62,73)(H,63,69)(H,64,68)(H,65,67)/t35-,44-,45-,48-/m0/s1. The highest BCUT2D eigenvalue weighted by atomic mass is 35.5. The molecule has 20 nitrogen and oxygen atoms in total. The van der Waals surface area contributed by atoms with Gasteiger partial charge in [0.25, 0.3) is 5.91 Å². The summed E-state index contributed by atoms with van der Waals surface area (Å²) in [5.74, 6) is -3.46. The van der Waals surface area contributed by atoms with Crippen molar-refractivity contribution >= 4 is 59.5 Å². The number of benzene rings is 4. The van der Waals surface area contributed by atoms with Crippen LogP contribution in [0.3, 0.4) is 0 Å². The van der Waals surface area contributed by atoms with Gasteiger partial charge in [-0.1, -0.05) is 48.0 Å². The van der Waals surface area contributed by atoms with Gasteiger partial charge in [-0.2, -0.15) is 0 Å². The summed E-state index contributed by atoms with van der Waals surface area (Å²) in [6, 6.07) is 18.1. The quantitative estimate of drug-likeness (QED) is 0.0286. The predicted molar refractivity (Wildman–Crippen MR) is 300 cm³/mol. The Labute approximate surface area is 472 Å². The molecule has 0 saturated heterocycles. The number of hydrogen-bond acceptors (Lipinski definition) is 14. The molecule has 432 valence electrons. The van der Waals surface area contributed by atoms with Gasteiger partial charge >= 0.3 is 24.3 Å². The molecule has 4 atom stereocenters. The van der Waals surface area contributed by atoms with E-state index in [0.717, 1.165) is 16.0 Å². The first-order valence-corrected chi connectivity index (χ1v) is 26.7. The maximum Gasteiger partial charge on any atom is 0.514 e. The zero-order valence-electron chi connectivity index (χ0n) is 47.6. The molecule has 4 bridgehead atoms. The number of ether oxygens (including phenoxy) is 6. The average Bonchev–Trinajstić information content (AvgIpc) is 3.36. The Morgan fingerprint density at radius 3 is 1.84 bits per heavy atom. The number of fused-ring (bicyclic) bond motifs is 5. The van der Waals surface area contributed by atoms with Crippen molar-refractivity contribution in [3.05, 3.63) is 107 Å². The molecule has 0 unspecified atom stereocenters. The number of carbonyl (C=O) groups is 8. The predicted octanol–water partition coefficient (Wildman–Crippen LogP) is 8.99. The molecule has 0 aromatic heterocycles. The minimum Gasteiger partial charge on any atom is -0.493 e. The van der Waals surface area contributed by atoms with Crippen molar-refractivity contribution in [1.82, 2.24) is 31.5 Å². The molecule has 1 aliphatic rings. The van der Waals surface area contributed by atoms with Crippen LogP contribution in [0.1, 0.15) is 122 Å². The molecule has 0 aliphatic carbocycles. The SMILES string of the molecule is COC(=O)[C@@H]1Cc2ccc(OC(=O)OC(C)(C)C)c(c2)-c2cc(ccc2OCCCNC(=O)OC(C)(C)C)[C@H](N(C)C(=O)[C@H](CCCCNC(=O)OC(C)(C)C)NC(=O)c2ccc(-c3ccc(Cl)cc3)cc2)C(=O)N[C@@H](C)C(=O)N1. The monoisotopic (exact) mass is 1130 g/mol. The van der Waals surface area contributed by atoms with Crippen molar-refractivity contribution in [2.45, 2.75) is 142 Å². The number of methoxy groups -OCH3 is 1. The number of likely N-dealkylation sites (N-methyl/N-ethyl adjacent to an activating group) is 1. The van der Waals surface area contributed by atoms with Crippen LogP contribution < -0.4 is 36.1 Å². The second-order valence-corrected chi connectivity index (χ2v) is 22.6. The van der Waals surface area contributed by atoms with Crippen LogP contribution in [0.15, 0.2) is 84.9 Å². The number of unbranched alkanes of at least 4 members (excludes halogenated alkanes) is 1. The Kier molecular flexibility index (Phi) is 21.9. The first-order valence-electron chi connectivity index (χ1n) is 26.4. The minimum absolute atomic E-state index is 0.0217. The number of amides is 6. The van der Waals surface area contributed by atoms with Gasteiger partial charge < -0.3 is 59.9 Å². The lowest BCUT2D eigenvalue weighted by Crippen LogP contribution is -2.55. The second kappa shape index (κ2) is 27.8. The Morgan fingerprint density at radius 2 is 1.25 bits per heavy atom. The second-order valence-electron chi connectivity index (χ2n) is 22.2. The smallest absolute Gasteiger partial charge is 0.493 e. The van der Waals surface area contributed by atoms with Crippen molar-refractivity contribution in [3.8, 4) is 33.8 Å². The summed E-state index contributed by atoms with van der Waals surface area (Å²) in [5.41, 5.74) is 0.659. The van der Waals surface area contributed by atoms with Crippen LogP contribution in [-0.2, 0) is 44.5 Å². The van der Waals surface area contributed by atoms with Crippen molar-refractivity contribution in [1.29, 1.82) is 0 Å². The van der Waals surface area contributed by atoms with E-state index in [1.165, 1.54) is 27.1 Å². The Bertz CT molecular complexity index is 2860. The largest absolute Gasteiger partial charge is 0.514 e. The van der Waals surface area contributed by atoms with E-state index in [1.54, 1.807) is 129 Å². The fourth-order valence-electron chi connectivity index (χ4n) is 8.26. The average molecular weight is 1130 g/mol. The molecule has 21 heteroatoms. The highest BCUT2D eigenvalue weighted by molar-refractivity contribution is 6.30. The first-order chi connectivity index (χ1) is 37.5. The van der Waals surface area contributed by atoms with Gasteiger partial charge in [0.1, 0.15) is 52.5 Å². The Hall–Kier alpha value is -7.87. The first kappa shape index (κ1) is 63.0. The number of carbonyl (C=O) groups excluding carboxylic acids is 8.